The molecule has 234 valence electrons. The van der Waals surface area contributed by atoms with Crippen molar-refractivity contribution in [1.82, 2.24) is 15.2 Å². The first-order valence-corrected chi connectivity index (χ1v) is 15.3. The molecule has 2 aromatic rings. The van der Waals surface area contributed by atoms with Crippen LogP contribution in [0, 0.1) is 11.6 Å². The average molecular weight is 602 g/mol. The zero-order chi connectivity index (χ0) is 30.2. The Labute approximate surface area is 250 Å². The van der Waals surface area contributed by atoms with E-state index in [-0.39, 0.29) is 19.1 Å². The van der Waals surface area contributed by atoms with Gasteiger partial charge in [-0.15, -0.1) is 0 Å². The van der Waals surface area contributed by atoms with Crippen molar-refractivity contribution in [3.05, 3.63) is 52.7 Å². The van der Waals surface area contributed by atoms with Crippen LogP contribution < -0.4 is 15.5 Å². The second-order valence-electron chi connectivity index (χ2n) is 11.4. The van der Waals surface area contributed by atoms with Gasteiger partial charge in [-0.2, -0.15) is 0 Å². The molecule has 12 heteroatoms. The Balaban J connectivity index is 1.06. The van der Waals surface area contributed by atoms with E-state index in [2.05, 4.69) is 27.7 Å². The standard InChI is InChI=1S/C31H41F2N5O5/c32-25-18-23(38-13-16-42-17-14-38)19-26(33)28(25)30(39)36-27(31(40)41)9-15-43-24-6-3-12-37(20-24)11-2-5-22-8-7-21-4-1-10-34-29(21)35-22/h7-8,18-19,24,27H,1-6,9-17,20H2,(H,34,35)(H,36,39)(H,40,41)/t24-,27-/m1/s1. The van der Waals surface area contributed by atoms with Gasteiger partial charge in [0, 0.05) is 50.6 Å². The van der Waals surface area contributed by atoms with E-state index in [0.29, 0.717) is 32.0 Å². The summed E-state index contributed by atoms with van der Waals surface area (Å²) in [5, 5.41) is 15.3. The highest BCUT2D eigenvalue weighted by atomic mass is 19.1. The number of carbonyl (C=O) groups is 2. The lowest BCUT2D eigenvalue weighted by Crippen LogP contribution is -2.43. The van der Waals surface area contributed by atoms with Crippen molar-refractivity contribution >= 4 is 23.4 Å². The highest BCUT2D eigenvalue weighted by Gasteiger charge is 2.27. The molecule has 1 amide bonds. The normalized spacial score (nSPS) is 19.8. The largest absolute Gasteiger partial charge is 0.480 e. The van der Waals surface area contributed by atoms with Crippen LogP contribution in [0.25, 0.3) is 0 Å². The minimum atomic E-state index is -1.34. The Morgan fingerprint density at radius 1 is 1.16 bits per heavy atom. The van der Waals surface area contributed by atoms with Crippen LogP contribution in [0.3, 0.4) is 0 Å². The van der Waals surface area contributed by atoms with Crippen LogP contribution >= 0.6 is 0 Å². The molecular formula is C31H41F2N5O5. The van der Waals surface area contributed by atoms with Crippen molar-refractivity contribution in [1.29, 1.82) is 0 Å². The quantitative estimate of drug-likeness (QED) is 0.337. The number of ether oxygens (including phenoxy) is 2. The van der Waals surface area contributed by atoms with Gasteiger partial charge in [0.05, 0.1) is 19.3 Å². The molecule has 3 N–H and O–H groups in total. The number of hydrogen-bond acceptors (Lipinski definition) is 8. The number of fused-ring (bicyclic) bond motifs is 1. The van der Waals surface area contributed by atoms with Crippen LogP contribution in [0.2, 0.25) is 0 Å². The van der Waals surface area contributed by atoms with Gasteiger partial charge in [0.1, 0.15) is 29.1 Å². The molecule has 1 aromatic carbocycles. The number of pyridine rings is 1. The molecule has 0 bridgehead atoms. The van der Waals surface area contributed by atoms with Crippen molar-refractivity contribution in [3.63, 3.8) is 0 Å². The Morgan fingerprint density at radius 2 is 1.95 bits per heavy atom. The van der Waals surface area contributed by atoms with E-state index >= 15 is 0 Å². The van der Waals surface area contributed by atoms with Crippen molar-refractivity contribution in [3.8, 4) is 0 Å². The molecule has 4 heterocycles. The van der Waals surface area contributed by atoms with Crippen LogP contribution in [0.4, 0.5) is 20.3 Å². The summed E-state index contributed by atoms with van der Waals surface area (Å²) in [4.78, 5) is 33.5. The van der Waals surface area contributed by atoms with Crippen molar-refractivity contribution < 1.29 is 33.0 Å². The molecule has 2 fully saturated rings. The van der Waals surface area contributed by atoms with Crippen LogP contribution in [0.15, 0.2) is 24.3 Å². The lowest BCUT2D eigenvalue weighted by molar-refractivity contribution is -0.140. The fourth-order valence-corrected chi connectivity index (χ4v) is 5.97. The van der Waals surface area contributed by atoms with Gasteiger partial charge in [0.15, 0.2) is 0 Å². The number of carboxylic acid groups (broad SMARTS) is 1. The molecule has 3 aliphatic rings. The third-order valence-corrected chi connectivity index (χ3v) is 8.32. The lowest BCUT2D eigenvalue weighted by Gasteiger charge is -2.32. The van der Waals surface area contributed by atoms with E-state index in [4.69, 9.17) is 14.5 Å². The summed E-state index contributed by atoms with van der Waals surface area (Å²) in [5.41, 5.74) is 1.89. The number of benzene rings is 1. The van der Waals surface area contributed by atoms with Crippen molar-refractivity contribution in [2.75, 3.05) is 69.3 Å². The third-order valence-electron chi connectivity index (χ3n) is 8.32. The third kappa shape index (κ3) is 8.39. The highest BCUT2D eigenvalue weighted by Crippen LogP contribution is 2.24. The van der Waals surface area contributed by atoms with E-state index < -0.39 is 35.1 Å². The fraction of sp³-hybridized carbons (Fsp3) is 0.581. The number of halogens is 2. The smallest absolute Gasteiger partial charge is 0.326 e. The number of carbonyl (C=O) groups excluding carboxylic acids is 1. The summed E-state index contributed by atoms with van der Waals surface area (Å²) < 4.78 is 40.9. The Kier molecular flexibility index (Phi) is 10.8. The Hall–Kier alpha value is -3.35. The van der Waals surface area contributed by atoms with E-state index in [0.717, 1.165) is 88.3 Å². The molecule has 10 nitrogen and oxygen atoms in total. The summed E-state index contributed by atoms with van der Waals surface area (Å²) in [7, 11) is 0. The number of aromatic nitrogens is 1. The maximum absolute atomic E-state index is 14.8. The first kappa shape index (κ1) is 31.1. The van der Waals surface area contributed by atoms with E-state index in [1.54, 1.807) is 4.90 Å². The summed E-state index contributed by atoms with van der Waals surface area (Å²) >= 11 is 0. The van der Waals surface area contributed by atoms with Crippen molar-refractivity contribution in [2.24, 2.45) is 0 Å². The SMILES string of the molecule is O=C(N[C@H](CCO[C@@H]1CCCN(CCCc2ccc3c(n2)NCCC3)C1)C(=O)O)c1c(F)cc(N2CCOCC2)cc1F. The number of amides is 1. The number of likely N-dealkylation sites (tertiary alicyclic amines) is 1. The summed E-state index contributed by atoms with van der Waals surface area (Å²) in [5.74, 6) is -3.47. The van der Waals surface area contributed by atoms with Crippen LogP contribution in [0.1, 0.15) is 53.7 Å². The monoisotopic (exact) mass is 601 g/mol. The molecule has 2 atom stereocenters. The number of nitrogens with zero attached hydrogens (tertiary/aromatic N) is 3. The summed E-state index contributed by atoms with van der Waals surface area (Å²) in [6.07, 6.45) is 5.86. The van der Waals surface area contributed by atoms with E-state index in [1.807, 2.05) is 0 Å². The summed E-state index contributed by atoms with van der Waals surface area (Å²) in [6, 6.07) is 5.14. The van der Waals surface area contributed by atoms with Gasteiger partial charge < -0.3 is 35.0 Å². The van der Waals surface area contributed by atoms with E-state index in [1.165, 1.54) is 5.56 Å². The van der Waals surface area contributed by atoms with Gasteiger partial charge in [0.2, 0.25) is 0 Å². The van der Waals surface area contributed by atoms with Crippen LogP contribution in [0.5, 0.6) is 0 Å². The maximum atomic E-state index is 14.8. The number of nitrogens with one attached hydrogen (secondary N) is 2. The highest BCUT2D eigenvalue weighted by molar-refractivity contribution is 5.97. The molecule has 43 heavy (non-hydrogen) atoms. The first-order valence-electron chi connectivity index (χ1n) is 15.3. The van der Waals surface area contributed by atoms with Crippen molar-refractivity contribution in [2.45, 2.75) is 57.1 Å². The predicted molar refractivity (Wildman–Crippen MR) is 158 cm³/mol. The summed E-state index contributed by atoms with van der Waals surface area (Å²) in [6.45, 7) is 5.56. The molecule has 5 rings (SSSR count). The molecule has 0 unspecified atom stereocenters. The van der Waals surface area contributed by atoms with Crippen LogP contribution in [-0.4, -0.2) is 98.1 Å². The minimum Gasteiger partial charge on any atom is -0.480 e. The first-order chi connectivity index (χ1) is 20.9. The average Bonchev–Trinajstić information content (AvgIpc) is 3.01. The number of anilines is 2. The molecule has 1 aromatic heterocycles. The maximum Gasteiger partial charge on any atom is 0.326 e. The van der Waals surface area contributed by atoms with Gasteiger partial charge >= 0.3 is 5.97 Å². The second-order valence-corrected chi connectivity index (χ2v) is 11.4. The van der Waals surface area contributed by atoms with Gasteiger partial charge in [-0.3, -0.25) is 4.79 Å². The van der Waals surface area contributed by atoms with Gasteiger partial charge in [-0.25, -0.2) is 18.6 Å². The molecule has 0 spiro atoms. The number of piperidine rings is 1. The fourth-order valence-electron chi connectivity index (χ4n) is 5.97. The Morgan fingerprint density at radius 3 is 2.72 bits per heavy atom. The van der Waals surface area contributed by atoms with Gasteiger partial charge in [-0.05, 0) is 75.4 Å². The minimum absolute atomic E-state index is 0.0231. The predicted octanol–water partition coefficient (Wildman–Crippen LogP) is 3.24. The molecule has 0 radical (unpaired) electrons. The zero-order valence-electron chi connectivity index (χ0n) is 24.5. The number of rotatable bonds is 12. The number of aryl methyl sites for hydroxylation is 2. The van der Waals surface area contributed by atoms with Gasteiger partial charge in [-0.1, -0.05) is 6.07 Å². The molecule has 2 saturated heterocycles. The molecule has 0 saturated carbocycles. The molecule has 0 aliphatic carbocycles. The lowest BCUT2D eigenvalue weighted by atomic mass is 10.1. The van der Waals surface area contributed by atoms with Crippen LogP contribution in [-0.2, 0) is 27.1 Å². The van der Waals surface area contributed by atoms with Gasteiger partial charge in [0.25, 0.3) is 5.91 Å². The number of morpholine rings is 1. The molecular weight excluding hydrogens is 560 g/mol. The topological polar surface area (TPSA) is 116 Å². The Bertz CT molecular complexity index is 1250. The molecule has 3 aliphatic heterocycles. The zero-order valence-corrected chi connectivity index (χ0v) is 24.5. The van der Waals surface area contributed by atoms with E-state index in [9.17, 15) is 23.5 Å². The number of aliphatic carboxylic acids is 1. The second kappa shape index (κ2) is 14.9. The number of carboxylic acids is 1. The number of hydrogen-bond donors (Lipinski definition) is 3.